The first-order valence-electron chi connectivity index (χ1n) is 4.38. The molecular formula is C10H16O5. The summed E-state index contributed by atoms with van der Waals surface area (Å²) in [6.45, 7) is 5.03. The van der Waals surface area contributed by atoms with E-state index in [1.54, 1.807) is 0 Å². The van der Waals surface area contributed by atoms with E-state index in [0.717, 1.165) is 0 Å². The fourth-order valence-corrected chi connectivity index (χ4v) is 0.875. The van der Waals surface area contributed by atoms with Gasteiger partial charge in [0.05, 0.1) is 25.2 Å². The zero-order valence-corrected chi connectivity index (χ0v) is 8.48. The van der Waals surface area contributed by atoms with Crippen molar-refractivity contribution in [2.75, 3.05) is 26.4 Å². The lowest BCUT2D eigenvalue weighted by Gasteiger charge is -2.28. The van der Waals surface area contributed by atoms with Crippen LogP contribution in [-0.2, 0) is 9.53 Å². The minimum atomic E-state index is -1.43. The molecule has 0 radical (unpaired) electrons. The summed E-state index contributed by atoms with van der Waals surface area (Å²) in [5.74, 6) is -0.771. The van der Waals surface area contributed by atoms with E-state index in [9.17, 15) is 4.79 Å². The molecule has 0 fully saturated rings. The molecule has 0 bridgehead atoms. The second-order valence-electron chi connectivity index (χ2n) is 3.12. The molecule has 0 atom stereocenters. The van der Waals surface area contributed by atoms with Crippen molar-refractivity contribution in [2.45, 2.75) is 0 Å². The van der Waals surface area contributed by atoms with Crippen LogP contribution in [0, 0.1) is 5.41 Å². The summed E-state index contributed by atoms with van der Waals surface area (Å²) >= 11 is 0. The Morgan fingerprint density at radius 3 is 2.07 bits per heavy atom. The van der Waals surface area contributed by atoms with Crippen LogP contribution in [0.1, 0.15) is 0 Å². The third kappa shape index (κ3) is 3.16. The van der Waals surface area contributed by atoms with E-state index in [1.807, 2.05) is 0 Å². The van der Waals surface area contributed by atoms with Crippen LogP contribution < -0.4 is 0 Å². The molecular weight excluding hydrogens is 200 g/mol. The molecule has 0 saturated heterocycles. The minimum absolute atomic E-state index is 0.0101. The second kappa shape index (κ2) is 6.34. The number of carbonyl (C=O) groups is 1. The number of ether oxygens (including phenoxy) is 1. The SMILES string of the molecule is C=CCOC(=O)C(=C)C(CO)(CO)CO. The highest BCUT2D eigenvalue weighted by Gasteiger charge is 2.36. The summed E-state index contributed by atoms with van der Waals surface area (Å²) in [7, 11) is 0. The van der Waals surface area contributed by atoms with Gasteiger partial charge in [-0.05, 0) is 0 Å². The molecule has 0 heterocycles. The van der Waals surface area contributed by atoms with Crippen LogP contribution in [0.2, 0.25) is 0 Å². The van der Waals surface area contributed by atoms with Gasteiger partial charge in [-0.1, -0.05) is 19.2 Å². The Labute approximate surface area is 88.3 Å². The molecule has 0 unspecified atom stereocenters. The van der Waals surface area contributed by atoms with Crippen LogP contribution >= 0.6 is 0 Å². The van der Waals surface area contributed by atoms with Crippen LogP contribution in [0.15, 0.2) is 24.8 Å². The van der Waals surface area contributed by atoms with Gasteiger partial charge in [-0.25, -0.2) is 4.79 Å². The topological polar surface area (TPSA) is 87.0 Å². The number of aliphatic hydroxyl groups excluding tert-OH is 3. The van der Waals surface area contributed by atoms with Crippen molar-refractivity contribution in [3.05, 3.63) is 24.8 Å². The largest absolute Gasteiger partial charge is 0.458 e. The fraction of sp³-hybridized carbons (Fsp3) is 0.500. The molecule has 0 aromatic heterocycles. The Morgan fingerprint density at radius 1 is 1.27 bits per heavy atom. The monoisotopic (exact) mass is 216 g/mol. The number of hydrogen-bond donors (Lipinski definition) is 3. The zero-order chi connectivity index (χ0) is 11.9. The van der Waals surface area contributed by atoms with Crippen molar-refractivity contribution in [3.63, 3.8) is 0 Å². The highest BCUT2D eigenvalue weighted by molar-refractivity contribution is 5.89. The van der Waals surface area contributed by atoms with E-state index in [0.29, 0.717) is 0 Å². The van der Waals surface area contributed by atoms with Gasteiger partial charge < -0.3 is 20.1 Å². The van der Waals surface area contributed by atoms with Crippen molar-refractivity contribution >= 4 is 5.97 Å². The van der Waals surface area contributed by atoms with Gasteiger partial charge >= 0.3 is 5.97 Å². The van der Waals surface area contributed by atoms with Crippen LogP contribution in [0.25, 0.3) is 0 Å². The predicted molar refractivity (Wildman–Crippen MR) is 54.0 cm³/mol. The smallest absolute Gasteiger partial charge is 0.334 e. The molecule has 0 aliphatic rings. The number of carbonyl (C=O) groups excluding carboxylic acids is 1. The van der Waals surface area contributed by atoms with Gasteiger partial charge in [-0.3, -0.25) is 0 Å². The molecule has 86 valence electrons. The lowest BCUT2D eigenvalue weighted by molar-refractivity contribution is -0.140. The van der Waals surface area contributed by atoms with Crippen molar-refractivity contribution in [1.82, 2.24) is 0 Å². The molecule has 0 aliphatic carbocycles. The molecule has 0 amide bonds. The molecule has 0 rings (SSSR count). The predicted octanol–water partition coefficient (Wildman–Crippen LogP) is -0.765. The van der Waals surface area contributed by atoms with E-state index in [4.69, 9.17) is 15.3 Å². The minimum Gasteiger partial charge on any atom is -0.458 e. The Balaban J connectivity index is 4.63. The molecule has 3 N–H and O–H groups in total. The highest BCUT2D eigenvalue weighted by atomic mass is 16.5. The van der Waals surface area contributed by atoms with Crippen LogP contribution in [0.5, 0.6) is 0 Å². The van der Waals surface area contributed by atoms with E-state index in [2.05, 4.69) is 17.9 Å². The number of hydrogen-bond acceptors (Lipinski definition) is 5. The van der Waals surface area contributed by atoms with Crippen molar-refractivity contribution in [1.29, 1.82) is 0 Å². The second-order valence-corrected chi connectivity index (χ2v) is 3.12. The molecule has 0 saturated carbocycles. The van der Waals surface area contributed by atoms with E-state index in [-0.39, 0.29) is 12.2 Å². The molecule has 5 heteroatoms. The van der Waals surface area contributed by atoms with Gasteiger partial charge in [-0.15, -0.1) is 0 Å². The van der Waals surface area contributed by atoms with Gasteiger partial charge in [0.2, 0.25) is 0 Å². The first-order chi connectivity index (χ1) is 7.07. The molecule has 15 heavy (non-hydrogen) atoms. The summed E-state index contributed by atoms with van der Waals surface area (Å²) in [6, 6.07) is 0. The Morgan fingerprint density at radius 2 is 1.73 bits per heavy atom. The maximum atomic E-state index is 11.3. The first kappa shape index (κ1) is 13.8. The molecule has 0 spiro atoms. The van der Waals surface area contributed by atoms with Crippen LogP contribution in [-0.4, -0.2) is 47.7 Å². The van der Waals surface area contributed by atoms with Gasteiger partial charge in [0.25, 0.3) is 0 Å². The van der Waals surface area contributed by atoms with Crippen LogP contribution in [0.3, 0.4) is 0 Å². The standard InChI is InChI=1S/C10H16O5/c1-3-4-15-9(14)8(2)10(5-11,6-12)7-13/h3,11-13H,1-2,4-7H2. The number of esters is 1. The average Bonchev–Trinajstić information content (AvgIpc) is 2.28. The molecule has 0 aromatic rings. The van der Waals surface area contributed by atoms with E-state index >= 15 is 0 Å². The average molecular weight is 216 g/mol. The Kier molecular flexibility index (Phi) is 5.84. The summed E-state index contributed by atoms with van der Waals surface area (Å²) in [5.41, 5.74) is -1.59. The summed E-state index contributed by atoms with van der Waals surface area (Å²) < 4.78 is 4.67. The Hall–Kier alpha value is -1.17. The summed E-state index contributed by atoms with van der Waals surface area (Å²) in [6.07, 6.45) is 1.38. The lowest BCUT2D eigenvalue weighted by Crippen LogP contribution is -2.39. The van der Waals surface area contributed by atoms with Crippen molar-refractivity contribution in [2.24, 2.45) is 5.41 Å². The van der Waals surface area contributed by atoms with E-state index < -0.39 is 31.2 Å². The number of aliphatic hydroxyl groups is 3. The summed E-state index contributed by atoms with van der Waals surface area (Å²) in [5, 5.41) is 27.0. The van der Waals surface area contributed by atoms with Gasteiger partial charge in [0, 0.05) is 5.57 Å². The lowest BCUT2D eigenvalue weighted by atomic mass is 9.83. The van der Waals surface area contributed by atoms with Gasteiger partial charge in [-0.2, -0.15) is 0 Å². The molecule has 5 nitrogen and oxygen atoms in total. The first-order valence-corrected chi connectivity index (χ1v) is 4.38. The number of rotatable bonds is 7. The van der Waals surface area contributed by atoms with E-state index in [1.165, 1.54) is 6.08 Å². The van der Waals surface area contributed by atoms with Crippen LogP contribution in [0.4, 0.5) is 0 Å². The third-order valence-electron chi connectivity index (χ3n) is 2.13. The third-order valence-corrected chi connectivity index (χ3v) is 2.13. The van der Waals surface area contributed by atoms with Crippen molar-refractivity contribution in [3.8, 4) is 0 Å². The normalized spacial score (nSPS) is 10.9. The highest BCUT2D eigenvalue weighted by Crippen LogP contribution is 2.25. The van der Waals surface area contributed by atoms with Gasteiger partial charge in [0.15, 0.2) is 0 Å². The van der Waals surface area contributed by atoms with Crippen molar-refractivity contribution < 1.29 is 24.9 Å². The quantitative estimate of drug-likeness (QED) is 0.296. The molecule has 0 aromatic carbocycles. The zero-order valence-electron chi connectivity index (χ0n) is 8.48. The summed E-state index contributed by atoms with van der Waals surface area (Å²) in [4.78, 5) is 11.3. The maximum absolute atomic E-state index is 11.3. The Bertz CT molecular complexity index is 234. The maximum Gasteiger partial charge on any atom is 0.334 e. The molecule has 0 aliphatic heterocycles. The fourth-order valence-electron chi connectivity index (χ4n) is 0.875. The van der Waals surface area contributed by atoms with Gasteiger partial charge in [0.1, 0.15) is 6.61 Å².